The van der Waals surface area contributed by atoms with E-state index in [2.05, 4.69) is 67.8 Å². The molecule has 0 aliphatic rings. The standard InChI is InChI=1S/C18H26BrN5/c1-4-14(8-15-6-5-7-17(19)9-15)10-21-18(20-2)22-11-16-12-23-24(3)13-16/h5-7,9,12-14H,4,8,10-11H2,1-3H3,(H2,20,21,22). The monoisotopic (exact) mass is 391 g/mol. The lowest BCUT2D eigenvalue weighted by Crippen LogP contribution is -2.39. The van der Waals surface area contributed by atoms with Crippen LogP contribution in [0.3, 0.4) is 0 Å². The van der Waals surface area contributed by atoms with E-state index < -0.39 is 0 Å². The van der Waals surface area contributed by atoms with Gasteiger partial charge in [-0.1, -0.05) is 41.4 Å². The summed E-state index contributed by atoms with van der Waals surface area (Å²) in [6, 6.07) is 8.53. The van der Waals surface area contributed by atoms with Crippen molar-refractivity contribution in [2.24, 2.45) is 18.0 Å². The average molecular weight is 392 g/mol. The Morgan fingerprint density at radius 3 is 2.79 bits per heavy atom. The summed E-state index contributed by atoms with van der Waals surface area (Å²) in [5.41, 5.74) is 2.50. The molecule has 0 radical (unpaired) electrons. The van der Waals surface area contributed by atoms with E-state index in [-0.39, 0.29) is 0 Å². The quantitative estimate of drug-likeness (QED) is 0.563. The topological polar surface area (TPSA) is 54.2 Å². The van der Waals surface area contributed by atoms with Crippen molar-refractivity contribution in [3.05, 3.63) is 52.3 Å². The summed E-state index contributed by atoms with van der Waals surface area (Å²) in [6.07, 6.45) is 6.05. The van der Waals surface area contributed by atoms with Gasteiger partial charge in [-0.3, -0.25) is 9.67 Å². The van der Waals surface area contributed by atoms with Crippen LogP contribution in [0.1, 0.15) is 24.5 Å². The lowest BCUT2D eigenvalue weighted by atomic mass is 9.97. The van der Waals surface area contributed by atoms with Gasteiger partial charge in [-0.25, -0.2) is 0 Å². The first kappa shape index (κ1) is 18.5. The van der Waals surface area contributed by atoms with Gasteiger partial charge < -0.3 is 10.6 Å². The number of nitrogens with zero attached hydrogens (tertiary/aromatic N) is 3. The molecule has 0 aliphatic carbocycles. The third-order valence-corrected chi connectivity index (χ3v) is 4.48. The van der Waals surface area contributed by atoms with Gasteiger partial charge in [0.2, 0.25) is 0 Å². The Hall–Kier alpha value is -1.82. The van der Waals surface area contributed by atoms with Crippen LogP contribution in [0.25, 0.3) is 0 Å². The third kappa shape index (κ3) is 6.00. The summed E-state index contributed by atoms with van der Waals surface area (Å²) < 4.78 is 2.94. The van der Waals surface area contributed by atoms with Crippen molar-refractivity contribution in [2.75, 3.05) is 13.6 Å². The Kier molecular flexibility index (Phi) is 7.31. The van der Waals surface area contributed by atoms with Crippen molar-refractivity contribution in [1.29, 1.82) is 0 Å². The van der Waals surface area contributed by atoms with Crippen LogP contribution in [0, 0.1) is 5.92 Å². The first-order valence-corrected chi connectivity index (χ1v) is 9.06. The Balaban J connectivity index is 1.81. The number of nitrogens with one attached hydrogen (secondary N) is 2. The summed E-state index contributed by atoms with van der Waals surface area (Å²) in [5.74, 6) is 1.39. The predicted octanol–water partition coefficient (Wildman–Crippen LogP) is 3.12. The largest absolute Gasteiger partial charge is 0.356 e. The van der Waals surface area contributed by atoms with E-state index in [1.54, 1.807) is 11.7 Å². The number of aromatic nitrogens is 2. The van der Waals surface area contributed by atoms with Crippen LogP contribution in [0.4, 0.5) is 0 Å². The molecule has 1 aromatic carbocycles. The fraction of sp³-hybridized carbons (Fsp3) is 0.444. The molecular formula is C18H26BrN5. The second-order valence-corrected chi connectivity index (χ2v) is 6.85. The molecule has 0 fully saturated rings. The minimum atomic E-state index is 0.566. The molecule has 1 aromatic heterocycles. The maximum atomic E-state index is 4.30. The molecule has 0 saturated heterocycles. The Bertz CT molecular complexity index is 665. The van der Waals surface area contributed by atoms with Gasteiger partial charge in [-0.15, -0.1) is 0 Å². The summed E-state index contributed by atoms with van der Waals surface area (Å²) >= 11 is 3.54. The SMILES string of the molecule is CCC(CNC(=NC)NCc1cnn(C)c1)Cc1cccc(Br)c1. The van der Waals surface area contributed by atoms with Gasteiger partial charge in [-0.2, -0.15) is 5.10 Å². The predicted molar refractivity (Wildman–Crippen MR) is 103 cm³/mol. The summed E-state index contributed by atoms with van der Waals surface area (Å²) in [5, 5.41) is 10.9. The highest BCUT2D eigenvalue weighted by Gasteiger charge is 2.09. The van der Waals surface area contributed by atoms with E-state index >= 15 is 0 Å². The van der Waals surface area contributed by atoms with Gasteiger partial charge in [0.05, 0.1) is 6.20 Å². The highest BCUT2D eigenvalue weighted by molar-refractivity contribution is 9.10. The first-order valence-electron chi connectivity index (χ1n) is 8.27. The van der Waals surface area contributed by atoms with Crippen molar-refractivity contribution in [2.45, 2.75) is 26.3 Å². The second-order valence-electron chi connectivity index (χ2n) is 5.94. The average Bonchev–Trinajstić information content (AvgIpc) is 2.99. The Morgan fingerprint density at radius 2 is 2.17 bits per heavy atom. The fourth-order valence-electron chi connectivity index (χ4n) is 2.57. The molecule has 24 heavy (non-hydrogen) atoms. The summed E-state index contributed by atoms with van der Waals surface area (Å²) in [7, 11) is 3.72. The van der Waals surface area contributed by atoms with Crippen LogP contribution in [-0.2, 0) is 20.0 Å². The van der Waals surface area contributed by atoms with Crippen LogP contribution in [-0.4, -0.2) is 29.3 Å². The number of hydrogen-bond donors (Lipinski definition) is 2. The molecule has 1 heterocycles. The molecule has 6 heteroatoms. The number of guanidine groups is 1. The van der Waals surface area contributed by atoms with E-state index in [4.69, 9.17) is 0 Å². The van der Waals surface area contributed by atoms with Gasteiger partial charge >= 0.3 is 0 Å². The highest BCUT2D eigenvalue weighted by atomic mass is 79.9. The number of halogens is 1. The molecule has 2 rings (SSSR count). The van der Waals surface area contributed by atoms with Gasteiger partial charge in [0, 0.05) is 43.4 Å². The number of aliphatic imine (C=N–C) groups is 1. The van der Waals surface area contributed by atoms with E-state index in [0.717, 1.165) is 41.9 Å². The van der Waals surface area contributed by atoms with Crippen molar-refractivity contribution in [3.8, 4) is 0 Å². The lowest BCUT2D eigenvalue weighted by Gasteiger charge is -2.18. The molecule has 130 valence electrons. The first-order chi connectivity index (χ1) is 11.6. The number of rotatable bonds is 7. The normalized spacial score (nSPS) is 12.9. The zero-order valence-electron chi connectivity index (χ0n) is 14.6. The summed E-state index contributed by atoms with van der Waals surface area (Å²) in [4.78, 5) is 4.30. The third-order valence-electron chi connectivity index (χ3n) is 3.99. The van der Waals surface area contributed by atoms with Crippen LogP contribution in [0.5, 0.6) is 0 Å². The van der Waals surface area contributed by atoms with Crippen LogP contribution >= 0.6 is 15.9 Å². The smallest absolute Gasteiger partial charge is 0.191 e. The molecule has 0 spiro atoms. The van der Waals surface area contributed by atoms with Crippen LogP contribution in [0.15, 0.2) is 46.1 Å². The summed E-state index contributed by atoms with van der Waals surface area (Å²) in [6.45, 7) is 3.85. The van der Waals surface area contributed by atoms with E-state index in [9.17, 15) is 0 Å². The number of aryl methyl sites for hydroxylation is 1. The Labute approximate surface area is 152 Å². The highest BCUT2D eigenvalue weighted by Crippen LogP contribution is 2.16. The van der Waals surface area contributed by atoms with Crippen molar-refractivity contribution >= 4 is 21.9 Å². The van der Waals surface area contributed by atoms with E-state index in [1.165, 1.54) is 5.56 Å². The molecule has 0 saturated carbocycles. The minimum Gasteiger partial charge on any atom is -0.356 e. The Morgan fingerprint density at radius 1 is 1.33 bits per heavy atom. The van der Waals surface area contributed by atoms with Crippen molar-refractivity contribution in [3.63, 3.8) is 0 Å². The van der Waals surface area contributed by atoms with Crippen molar-refractivity contribution in [1.82, 2.24) is 20.4 Å². The molecule has 0 amide bonds. The molecule has 1 unspecified atom stereocenters. The van der Waals surface area contributed by atoms with Gasteiger partial charge in [0.1, 0.15) is 0 Å². The molecular weight excluding hydrogens is 366 g/mol. The molecule has 2 aromatic rings. The number of hydrogen-bond acceptors (Lipinski definition) is 2. The van der Waals surface area contributed by atoms with Gasteiger partial charge in [-0.05, 0) is 30.0 Å². The molecule has 5 nitrogen and oxygen atoms in total. The van der Waals surface area contributed by atoms with Crippen LogP contribution in [0.2, 0.25) is 0 Å². The molecule has 0 aliphatic heterocycles. The molecule has 1 atom stereocenters. The molecule has 0 bridgehead atoms. The maximum absolute atomic E-state index is 4.30. The number of benzene rings is 1. The zero-order valence-corrected chi connectivity index (χ0v) is 16.2. The zero-order chi connectivity index (χ0) is 17.4. The van der Waals surface area contributed by atoms with E-state index in [0.29, 0.717) is 5.92 Å². The minimum absolute atomic E-state index is 0.566. The second kappa shape index (κ2) is 9.47. The lowest BCUT2D eigenvalue weighted by molar-refractivity contribution is 0.493. The fourth-order valence-corrected chi connectivity index (χ4v) is 3.02. The molecule has 2 N–H and O–H groups in total. The van der Waals surface area contributed by atoms with Gasteiger partial charge in [0.15, 0.2) is 5.96 Å². The van der Waals surface area contributed by atoms with E-state index in [1.807, 2.05) is 19.4 Å². The maximum Gasteiger partial charge on any atom is 0.191 e. The van der Waals surface area contributed by atoms with Crippen LogP contribution < -0.4 is 10.6 Å². The van der Waals surface area contributed by atoms with Crippen molar-refractivity contribution < 1.29 is 0 Å². The van der Waals surface area contributed by atoms with Gasteiger partial charge in [0.25, 0.3) is 0 Å².